The fourth-order valence-corrected chi connectivity index (χ4v) is 17.9. The van der Waals surface area contributed by atoms with Gasteiger partial charge in [0.2, 0.25) is 0 Å². The second-order valence-corrected chi connectivity index (χ2v) is 25.4. The number of hydrogen-bond acceptors (Lipinski definition) is 7. The van der Waals surface area contributed by atoms with Crippen molar-refractivity contribution in [3.05, 3.63) is 0 Å². The summed E-state index contributed by atoms with van der Waals surface area (Å²) in [5.41, 5.74) is -14.6. The highest BCUT2D eigenvalue weighted by Gasteiger charge is 2.75. The average molecular weight is 1020 g/mol. The number of carbonyl (C=O) groups is 2. The van der Waals surface area contributed by atoms with Gasteiger partial charge in [-0.1, -0.05) is 6.92 Å². The van der Waals surface area contributed by atoms with Gasteiger partial charge in [-0.05, 0) is 213 Å². The van der Waals surface area contributed by atoms with E-state index < -0.39 is 144 Å². The first-order valence-corrected chi connectivity index (χ1v) is 26.0. The number of esters is 2. The van der Waals surface area contributed by atoms with Crippen molar-refractivity contribution in [3.63, 3.8) is 0 Å². The van der Waals surface area contributed by atoms with Crippen LogP contribution in [0.15, 0.2) is 0 Å². The van der Waals surface area contributed by atoms with E-state index in [1.807, 2.05) is 0 Å². The number of aliphatic hydroxyl groups is 1. The number of carbonyl (C=O) groups excluding carboxylic acids is 2. The fraction of sp³-hybridized carbons (Fsp3) is 0.961. The normalized spacial score (nSPS) is 46.1. The molecule has 0 aromatic carbocycles. The van der Waals surface area contributed by atoms with Gasteiger partial charge in [0.15, 0.2) is 10.8 Å². The van der Waals surface area contributed by atoms with Crippen LogP contribution in [0.5, 0.6) is 0 Å². The predicted octanol–water partition coefficient (Wildman–Crippen LogP) is 12.5. The molecule has 2 heterocycles. The molecular formula is C51H68F12O7. The molecule has 11 atom stereocenters. The van der Waals surface area contributed by atoms with Crippen LogP contribution in [0.2, 0.25) is 0 Å². The minimum Gasteiger partial charge on any atom is -0.458 e. The predicted molar refractivity (Wildman–Crippen MR) is 225 cm³/mol. The topological polar surface area (TPSA) is 91.3 Å². The molecule has 0 amide bonds. The molecule has 19 heteroatoms. The lowest BCUT2D eigenvalue weighted by Crippen LogP contribution is -2.64. The van der Waals surface area contributed by atoms with E-state index in [2.05, 4.69) is 0 Å². The number of ether oxygens (including phenoxy) is 4. The molecule has 10 bridgehead atoms. The Bertz CT molecular complexity index is 1950. The SMILES string of the molecule is CC1CC2C3CC(CC(O)(C(F)(F)F)C(F)(F)F)C(C3)C2OC1CC(C(=O)OC1(C)C2CC3CC(C2)CC1C3)(C1CCCOC1CC(C)(C(=O)OC1(C)C2CC3CC(C2)CC1C3)C(F)(F)F)C(F)(F)F. The van der Waals surface area contributed by atoms with Crippen molar-refractivity contribution in [2.45, 2.75) is 203 Å². The smallest absolute Gasteiger partial charge is 0.426 e. The molecule has 0 radical (unpaired) electrons. The molecule has 0 spiro atoms. The lowest BCUT2D eigenvalue weighted by molar-refractivity contribution is -0.374. The van der Waals surface area contributed by atoms with Gasteiger partial charge < -0.3 is 24.1 Å². The monoisotopic (exact) mass is 1020 g/mol. The minimum absolute atomic E-state index is 0.0897. The van der Waals surface area contributed by atoms with Gasteiger partial charge in [-0.15, -0.1) is 0 Å². The van der Waals surface area contributed by atoms with Gasteiger partial charge in [0.05, 0.1) is 18.3 Å². The maximum absolute atomic E-state index is 17.0. The number of halogens is 12. The van der Waals surface area contributed by atoms with Crippen LogP contribution < -0.4 is 0 Å². The number of rotatable bonds is 11. The van der Waals surface area contributed by atoms with E-state index in [-0.39, 0.29) is 56.0 Å². The Kier molecular flexibility index (Phi) is 12.3. The van der Waals surface area contributed by atoms with Crippen LogP contribution in [0.3, 0.4) is 0 Å². The number of alkyl halides is 12. The third-order valence-corrected chi connectivity index (χ3v) is 21.6. The van der Waals surface area contributed by atoms with Crippen LogP contribution in [0.1, 0.15) is 143 Å². The zero-order chi connectivity index (χ0) is 50.7. The van der Waals surface area contributed by atoms with Gasteiger partial charge in [-0.25, -0.2) is 0 Å². The molecule has 0 aromatic rings. The Morgan fingerprint density at radius 3 is 1.53 bits per heavy atom. The summed E-state index contributed by atoms with van der Waals surface area (Å²) in [6.45, 7) is 5.28. The second kappa shape index (κ2) is 16.7. The zero-order valence-electron chi connectivity index (χ0n) is 40.2. The molecule has 2 saturated heterocycles. The summed E-state index contributed by atoms with van der Waals surface area (Å²) in [5, 5.41) is 10.2. The summed E-state index contributed by atoms with van der Waals surface area (Å²) in [5.74, 6) is -8.85. The molecule has 2 aliphatic heterocycles. The van der Waals surface area contributed by atoms with Gasteiger partial charge in [0.25, 0.3) is 5.60 Å². The zero-order valence-corrected chi connectivity index (χ0v) is 40.2. The lowest BCUT2D eigenvalue weighted by atomic mass is 9.50. The van der Waals surface area contributed by atoms with Gasteiger partial charge in [0.1, 0.15) is 11.2 Å². The van der Waals surface area contributed by atoms with Crippen LogP contribution in [-0.4, -0.2) is 83.5 Å². The summed E-state index contributed by atoms with van der Waals surface area (Å²) in [7, 11) is 0. The van der Waals surface area contributed by atoms with E-state index in [9.17, 15) is 36.2 Å². The van der Waals surface area contributed by atoms with Crippen molar-refractivity contribution < 1.29 is 86.3 Å². The van der Waals surface area contributed by atoms with Gasteiger partial charge >= 0.3 is 36.6 Å². The van der Waals surface area contributed by atoms with Crippen LogP contribution in [0.4, 0.5) is 52.7 Å². The van der Waals surface area contributed by atoms with Crippen LogP contribution >= 0.6 is 0 Å². The maximum atomic E-state index is 17.0. The number of hydrogen-bond donors (Lipinski definition) is 1. The summed E-state index contributed by atoms with van der Waals surface area (Å²) >= 11 is 0. The van der Waals surface area contributed by atoms with E-state index in [0.717, 1.165) is 12.8 Å². The van der Waals surface area contributed by atoms with E-state index in [1.165, 1.54) is 0 Å². The minimum atomic E-state index is -6.08. The lowest BCUT2D eigenvalue weighted by Gasteiger charge is -2.60. The molecule has 11 unspecified atom stereocenters. The van der Waals surface area contributed by atoms with Crippen molar-refractivity contribution >= 4 is 11.9 Å². The third-order valence-electron chi connectivity index (χ3n) is 21.6. The first-order chi connectivity index (χ1) is 32.3. The molecule has 7 nitrogen and oxygen atoms in total. The van der Waals surface area contributed by atoms with Crippen molar-refractivity contribution in [2.75, 3.05) is 6.61 Å². The quantitative estimate of drug-likeness (QED) is 0.163. The highest BCUT2D eigenvalue weighted by molar-refractivity contribution is 5.80. The van der Waals surface area contributed by atoms with Crippen molar-refractivity contribution in [2.24, 2.45) is 93.7 Å². The Labute approximate surface area is 400 Å². The van der Waals surface area contributed by atoms with E-state index >= 15 is 31.1 Å². The molecule has 70 heavy (non-hydrogen) atoms. The first-order valence-electron chi connectivity index (χ1n) is 26.0. The molecule has 12 fully saturated rings. The molecule has 10 aliphatic carbocycles. The van der Waals surface area contributed by atoms with E-state index in [4.69, 9.17) is 18.9 Å². The van der Waals surface area contributed by atoms with Gasteiger partial charge in [0, 0.05) is 12.5 Å². The summed E-state index contributed by atoms with van der Waals surface area (Å²) in [6, 6.07) is 0. The Morgan fingerprint density at radius 1 is 0.586 bits per heavy atom. The molecule has 1 N–H and O–H groups in total. The standard InChI is InChI=1S/C51H68F12O7/c1-24-8-35-29-19-30(21-47(66,50(58,59)60)51(61,62)63)36(20-29)40(35)68-38(24)23-46(49(55,56)57,42(65)70-45(4)33-15-27-10-28(17-33)18-34(45)16-27)37-6-5-7-67-39(37)22-43(2,48(52,53)54)41(64)69-44(3)31-11-25-9-26(13-31)14-32(44)12-25/h24-40,66H,5-23H2,1-4H3. The largest absolute Gasteiger partial charge is 0.458 e. The van der Waals surface area contributed by atoms with Crippen LogP contribution in [0, 0.1) is 93.7 Å². The fourth-order valence-electron chi connectivity index (χ4n) is 17.9. The van der Waals surface area contributed by atoms with Crippen LogP contribution in [0.25, 0.3) is 0 Å². The van der Waals surface area contributed by atoms with Crippen molar-refractivity contribution in [1.82, 2.24) is 0 Å². The Morgan fingerprint density at radius 2 is 1.07 bits per heavy atom. The highest BCUT2D eigenvalue weighted by Crippen LogP contribution is 2.66. The second-order valence-electron chi connectivity index (χ2n) is 25.4. The highest BCUT2D eigenvalue weighted by atomic mass is 19.4. The van der Waals surface area contributed by atoms with Crippen molar-refractivity contribution in [3.8, 4) is 0 Å². The summed E-state index contributed by atoms with van der Waals surface area (Å²) in [4.78, 5) is 29.8. The van der Waals surface area contributed by atoms with Crippen LogP contribution in [-0.2, 0) is 28.5 Å². The molecule has 12 aliphatic rings. The summed E-state index contributed by atoms with van der Waals surface area (Å²) in [6.07, 6.45) is -24.9. The van der Waals surface area contributed by atoms with Gasteiger partial charge in [-0.2, -0.15) is 52.7 Å². The molecular weight excluding hydrogens is 953 g/mol. The Hall–Kier alpha value is -2.02. The Balaban J connectivity index is 0.994. The molecule has 12 rings (SSSR count). The number of fused-ring (bicyclic) bond motifs is 5. The van der Waals surface area contributed by atoms with Crippen molar-refractivity contribution in [1.29, 1.82) is 0 Å². The molecule has 0 aromatic heterocycles. The first kappa shape index (κ1) is 51.5. The molecule has 10 saturated carbocycles. The van der Waals surface area contributed by atoms with E-state index in [1.54, 1.807) is 20.8 Å². The van der Waals surface area contributed by atoms with E-state index in [0.29, 0.717) is 82.0 Å². The summed E-state index contributed by atoms with van der Waals surface area (Å²) < 4.78 is 207. The van der Waals surface area contributed by atoms with Gasteiger partial charge in [-0.3, -0.25) is 9.59 Å². The maximum Gasteiger partial charge on any atom is 0.426 e. The third kappa shape index (κ3) is 7.88. The average Bonchev–Trinajstić information content (AvgIpc) is 3.80. The molecule has 398 valence electrons.